The van der Waals surface area contributed by atoms with Gasteiger partial charge < -0.3 is 19.2 Å². The monoisotopic (exact) mass is 934 g/mol. The Morgan fingerprint density at radius 2 is 1.35 bits per heavy atom. The summed E-state index contributed by atoms with van der Waals surface area (Å²) >= 11 is 0. The Morgan fingerprint density at radius 3 is 1.99 bits per heavy atom. The van der Waals surface area contributed by atoms with Gasteiger partial charge in [0.1, 0.15) is 5.75 Å². The molecule has 6 aromatic carbocycles. The fraction of sp³-hybridized carbons (Fsp3) is 0.322. The second-order valence-corrected chi connectivity index (χ2v) is 24.9. The predicted molar refractivity (Wildman–Crippen MR) is 279 cm³/mol. The van der Waals surface area contributed by atoms with E-state index < -0.39 is 33.4 Å². The second-order valence-electron chi connectivity index (χ2n) is 20.6. The van der Waals surface area contributed by atoms with Crippen LogP contribution in [0.4, 0.5) is 0 Å². The van der Waals surface area contributed by atoms with Crippen LogP contribution >= 0.6 is 0 Å². The molecule has 3 saturated heterocycles. The zero-order valence-corrected chi connectivity index (χ0v) is 41.0. The maximum Gasteiger partial charge on any atom is 0.455 e. The zero-order chi connectivity index (χ0) is 47.7. The summed E-state index contributed by atoms with van der Waals surface area (Å²) in [5.74, 6) is -1.46. The van der Waals surface area contributed by atoms with Gasteiger partial charge in [-0.2, -0.15) is 0 Å². The van der Waals surface area contributed by atoms with E-state index in [1.54, 1.807) is 11.0 Å². The van der Waals surface area contributed by atoms with Crippen molar-refractivity contribution in [3.05, 3.63) is 186 Å². The van der Waals surface area contributed by atoms with Crippen molar-refractivity contribution in [1.29, 1.82) is 0 Å². The Hall–Kier alpha value is -5.88. The minimum absolute atomic E-state index is 0.0820. The SMILES string of the molecule is CC(C)(C)[Si](OCC1=C2[C@@H](CC/C(=C/c3ccc(O)c4ccccc34)c3ccccc3)OB(O)C[C@@H]2[C@@H]2C(=O)N(C3CCN(Cc4ccccc4)CC3)C(=O)[C@@H]2C1)(c1ccccc1)c1ccccc1. The topological polar surface area (TPSA) is 99.5 Å². The van der Waals surface area contributed by atoms with Gasteiger partial charge in [-0.05, 0) is 105 Å². The first-order valence-electron chi connectivity index (χ1n) is 24.9. The van der Waals surface area contributed by atoms with Crippen LogP contribution in [0.15, 0.2) is 169 Å². The molecule has 3 aliphatic heterocycles. The van der Waals surface area contributed by atoms with E-state index in [1.165, 1.54) is 15.9 Å². The maximum absolute atomic E-state index is 15.1. The zero-order valence-electron chi connectivity index (χ0n) is 40.0. The molecule has 0 unspecified atom stereocenters. The second kappa shape index (κ2) is 19.9. The molecule has 3 fully saturated rings. The third kappa shape index (κ3) is 9.21. The number of hydrogen-bond acceptors (Lipinski definition) is 7. The normalized spacial score (nSPS) is 21.8. The van der Waals surface area contributed by atoms with Crippen molar-refractivity contribution in [2.45, 2.75) is 82.9 Å². The number of piperidine rings is 1. The highest BCUT2D eigenvalue weighted by molar-refractivity contribution is 6.99. The third-order valence-electron chi connectivity index (χ3n) is 15.5. The molecule has 4 atom stereocenters. The first kappa shape index (κ1) is 46.8. The van der Waals surface area contributed by atoms with Crippen LogP contribution in [0.25, 0.3) is 22.4 Å². The average molecular weight is 935 g/mol. The summed E-state index contributed by atoms with van der Waals surface area (Å²) in [5, 5.41) is 26.3. The molecule has 0 aromatic heterocycles. The van der Waals surface area contributed by atoms with Crippen LogP contribution in [0.3, 0.4) is 0 Å². The Bertz CT molecular complexity index is 2810. The van der Waals surface area contributed by atoms with E-state index in [0.717, 1.165) is 71.1 Å². The van der Waals surface area contributed by atoms with Gasteiger partial charge in [-0.15, -0.1) is 0 Å². The van der Waals surface area contributed by atoms with E-state index >= 15 is 4.79 Å². The van der Waals surface area contributed by atoms with Crippen molar-refractivity contribution < 1.29 is 28.8 Å². The van der Waals surface area contributed by atoms with Crippen molar-refractivity contribution >= 4 is 60.0 Å². The van der Waals surface area contributed by atoms with E-state index in [1.807, 2.05) is 66.7 Å². The van der Waals surface area contributed by atoms with E-state index in [0.29, 0.717) is 19.3 Å². The molecule has 6 aromatic rings. The number of amides is 2. The summed E-state index contributed by atoms with van der Waals surface area (Å²) in [4.78, 5) is 34.2. The number of phenolic OH excluding ortho intramolecular Hbond substituents is 1. The summed E-state index contributed by atoms with van der Waals surface area (Å²) in [6, 6.07) is 53.5. The molecule has 8 nitrogen and oxygen atoms in total. The highest BCUT2D eigenvalue weighted by Crippen LogP contribution is 2.52. The molecule has 4 aliphatic rings. The number of aromatic hydroxyl groups is 1. The fourth-order valence-electron chi connectivity index (χ4n) is 12.3. The summed E-state index contributed by atoms with van der Waals surface area (Å²) in [6.45, 7) is 9.56. The Balaban J connectivity index is 1.02. The Morgan fingerprint density at radius 1 is 0.754 bits per heavy atom. The fourth-order valence-corrected chi connectivity index (χ4v) is 16.8. The summed E-state index contributed by atoms with van der Waals surface area (Å²) in [5.41, 5.74) is 6.43. The van der Waals surface area contributed by atoms with E-state index in [-0.39, 0.29) is 47.5 Å². The highest BCUT2D eigenvalue weighted by atomic mass is 28.4. The minimum atomic E-state index is -3.03. The first-order valence-corrected chi connectivity index (χ1v) is 26.8. The number of imide groups is 1. The van der Waals surface area contributed by atoms with Gasteiger partial charge in [0.2, 0.25) is 11.8 Å². The number of hydrogen-bond donors (Lipinski definition) is 2. The molecule has 3 heterocycles. The van der Waals surface area contributed by atoms with Gasteiger partial charge in [-0.1, -0.05) is 179 Å². The minimum Gasteiger partial charge on any atom is -0.507 e. The molecule has 352 valence electrons. The van der Waals surface area contributed by atoms with Gasteiger partial charge in [0, 0.05) is 31.1 Å². The van der Waals surface area contributed by atoms with Crippen molar-refractivity contribution in [2.24, 2.45) is 17.8 Å². The molecule has 69 heavy (non-hydrogen) atoms. The third-order valence-corrected chi connectivity index (χ3v) is 20.5. The lowest BCUT2D eigenvalue weighted by Gasteiger charge is -2.46. The predicted octanol–water partition coefficient (Wildman–Crippen LogP) is 9.90. The molecule has 0 bridgehead atoms. The number of nitrogens with zero attached hydrogens (tertiary/aromatic N) is 2. The van der Waals surface area contributed by atoms with Crippen molar-refractivity contribution in [3.8, 4) is 5.75 Å². The van der Waals surface area contributed by atoms with Gasteiger partial charge in [0.15, 0.2) is 0 Å². The van der Waals surface area contributed by atoms with Crippen molar-refractivity contribution in [1.82, 2.24) is 9.80 Å². The largest absolute Gasteiger partial charge is 0.507 e. The highest BCUT2D eigenvalue weighted by Gasteiger charge is 2.59. The number of fused-ring (bicyclic) bond motifs is 4. The van der Waals surface area contributed by atoms with Crippen LogP contribution in [0.2, 0.25) is 11.4 Å². The standard InChI is InChI=1S/C59H63BN2O6Si/c1-59(2,3)69(47-22-12-6-13-23-47,48-24-14-7-15-25-48)67-40-45-37-51-56(58(65)62(57(51)64)46-32-34-61(35-33-46)39-41-18-8-4-9-19-41)52-38-60(66)68-54(55(45)52)31-29-43(42-20-10-5-11-21-42)36-44-28-30-53(63)50-27-17-16-26-49(44)50/h4-28,30,36,46,51-52,54,56,63,66H,29,31-35,37-40H2,1-3H3/b43-36-/t51-,52+,54-,56-/m1/s1. The van der Waals surface area contributed by atoms with Crippen LogP contribution in [-0.2, 0) is 25.2 Å². The number of allylic oxidation sites excluding steroid dienone is 1. The van der Waals surface area contributed by atoms with Crippen LogP contribution in [0, 0.1) is 17.8 Å². The van der Waals surface area contributed by atoms with Gasteiger partial charge in [-0.3, -0.25) is 19.4 Å². The maximum atomic E-state index is 15.1. The molecule has 1 aliphatic carbocycles. The van der Waals surface area contributed by atoms with Crippen molar-refractivity contribution in [2.75, 3.05) is 19.7 Å². The van der Waals surface area contributed by atoms with Crippen molar-refractivity contribution in [3.63, 3.8) is 0 Å². The van der Waals surface area contributed by atoms with Crippen LogP contribution in [0.1, 0.15) is 69.6 Å². The quantitative estimate of drug-likeness (QED) is 0.0515. The summed E-state index contributed by atoms with van der Waals surface area (Å²) in [7, 11) is -4.14. The number of carbonyl (C=O) groups excluding carboxylic acids is 2. The molecular weight excluding hydrogens is 872 g/mol. The number of carbonyl (C=O) groups is 2. The first-order chi connectivity index (χ1) is 33.5. The lowest BCUT2D eigenvalue weighted by atomic mass is 9.58. The van der Waals surface area contributed by atoms with Crippen LogP contribution < -0.4 is 10.4 Å². The van der Waals surface area contributed by atoms with Gasteiger partial charge in [-0.25, -0.2) is 0 Å². The molecule has 2 N–H and O–H groups in total. The lowest BCUT2D eigenvalue weighted by molar-refractivity contribution is -0.144. The smallest absolute Gasteiger partial charge is 0.455 e. The number of phenols is 1. The number of rotatable bonds is 13. The molecular formula is C59H63BN2O6Si. The van der Waals surface area contributed by atoms with E-state index in [4.69, 9.17) is 9.08 Å². The Labute approximate surface area is 408 Å². The Kier molecular flexibility index (Phi) is 13.5. The molecule has 0 saturated carbocycles. The number of likely N-dealkylation sites (tertiary alicyclic amines) is 2. The molecule has 10 rings (SSSR count). The summed E-state index contributed by atoms with van der Waals surface area (Å²) in [6.07, 6.45) is 4.91. The average Bonchev–Trinajstić information content (AvgIpc) is 3.62. The molecule has 0 spiro atoms. The molecule has 10 heteroatoms. The van der Waals surface area contributed by atoms with Crippen LogP contribution in [0.5, 0.6) is 5.75 Å². The summed E-state index contributed by atoms with van der Waals surface area (Å²) < 4.78 is 14.4. The molecule has 0 radical (unpaired) electrons. The van der Waals surface area contributed by atoms with Crippen LogP contribution in [-0.4, -0.2) is 79.0 Å². The molecule has 2 amide bonds. The van der Waals surface area contributed by atoms with Gasteiger partial charge in [0.05, 0.1) is 24.5 Å². The van der Waals surface area contributed by atoms with E-state index in [2.05, 4.69) is 117 Å². The number of benzene rings is 6. The lowest BCUT2D eigenvalue weighted by Crippen LogP contribution is -2.66. The van der Waals surface area contributed by atoms with E-state index in [9.17, 15) is 14.9 Å². The van der Waals surface area contributed by atoms with Gasteiger partial charge >= 0.3 is 7.12 Å². The van der Waals surface area contributed by atoms with Gasteiger partial charge in [0.25, 0.3) is 8.32 Å².